The molecule has 1 saturated heterocycles. The lowest BCUT2D eigenvalue weighted by Crippen LogP contribution is -2.54. The summed E-state index contributed by atoms with van der Waals surface area (Å²) in [7, 11) is 0. The Morgan fingerprint density at radius 2 is 2.28 bits per heavy atom. The molecule has 2 atom stereocenters. The van der Waals surface area contributed by atoms with E-state index in [1.165, 1.54) is 0 Å². The second-order valence-electron chi connectivity index (χ2n) is 5.01. The highest BCUT2D eigenvalue weighted by Gasteiger charge is 2.32. The third kappa shape index (κ3) is 2.69. The fraction of sp³-hybridized carbons (Fsp3) is 0.750. The fourth-order valence-electron chi connectivity index (χ4n) is 2.55. The van der Waals surface area contributed by atoms with Gasteiger partial charge in [0.15, 0.2) is 0 Å². The molecule has 2 amide bonds. The van der Waals surface area contributed by atoms with Crippen LogP contribution in [0.3, 0.4) is 0 Å². The Morgan fingerprint density at radius 1 is 1.50 bits per heavy atom. The molecule has 100 valence electrons. The lowest BCUT2D eigenvalue weighted by molar-refractivity contribution is -0.128. The summed E-state index contributed by atoms with van der Waals surface area (Å²) in [5.74, 6) is -0.203. The number of carbonyl (C=O) groups is 2. The van der Waals surface area contributed by atoms with Crippen LogP contribution in [0, 0.1) is 0 Å². The molecule has 2 rings (SSSR count). The van der Waals surface area contributed by atoms with Gasteiger partial charge in [0.1, 0.15) is 5.71 Å². The standard InChI is InChI=1S/C12H20N4O2/c1-8(13)10-4-2-3-7-16(10)12(18)9-5-6-11(17)15-14-9/h8,10H,2-7,13H2,1H3,(H,15,17). The molecule has 0 aliphatic carbocycles. The zero-order valence-corrected chi connectivity index (χ0v) is 10.7. The quantitative estimate of drug-likeness (QED) is 0.724. The van der Waals surface area contributed by atoms with Gasteiger partial charge >= 0.3 is 0 Å². The first-order valence-electron chi connectivity index (χ1n) is 6.51. The highest BCUT2D eigenvalue weighted by molar-refractivity contribution is 6.39. The van der Waals surface area contributed by atoms with Crippen molar-refractivity contribution in [3.63, 3.8) is 0 Å². The topological polar surface area (TPSA) is 87.8 Å². The number of amides is 2. The van der Waals surface area contributed by atoms with Gasteiger partial charge in [-0.3, -0.25) is 9.59 Å². The molecule has 0 saturated carbocycles. The molecule has 2 unspecified atom stereocenters. The maximum atomic E-state index is 12.4. The number of rotatable bonds is 2. The van der Waals surface area contributed by atoms with E-state index in [9.17, 15) is 9.59 Å². The average Bonchev–Trinajstić information content (AvgIpc) is 2.39. The van der Waals surface area contributed by atoms with Crippen molar-refractivity contribution in [2.75, 3.05) is 6.54 Å². The van der Waals surface area contributed by atoms with E-state index in [1.807, 2.05) is 11.8 Å². The van der Waals surface area contributed by atoms with E-state index in [2.05, 4.69) is 10.5 Å². The SMILES string of the molecule is CC(N)C1CCCCN1C(=O)C1=NNC(=O)CC1. The smallest absolute Gasteiger partial charge is 0.270 e. The summed E-state index contributed by atoms with van der Waals surface area (Å²) in [4.78, 5) is 25.2. The van der Waals surface area contributed by atoms with Crippen LogP contribution >= 0.6 is 0 Å². The molecule has 0 radical (unpaired) electrons. The Bertz CT molecular complexity index is 378. The van der Waals surface area contributed by atoms with E-state index >= 15 is 0 Å². The average molecular weight is 252 g/mol. The van der Waals surface area contributed by atoms with Crippen molar-refractivity contribution >= 4 is 17.5 Å². The molecule has 18 heavy (non-hydrogen) atoms. The predicted molar refractivity (Wildman–Crippen MR) is 67.8 cm³/mol. The van der Waals surface area contributed by atoms with Crippen LogP contribution in [-0.2, 0) is 9.59 Å². The summed E-state index contributed by atoms with van der Waals surface area (Å²) >= 11 is 0. The van der Waals surface area contributed by atoms with Gasteiger partial charge in [0.2, 0.25) is 5.91 Å². The molecule has 6 heteroatoms. The van der Waals surface area contributed by atoms with Crippen molar-refractivity contribution in [3.8, 4) is 0 Å². The maximum absolute atomic E-state index is 12.4. The lowest BCUT2D eigenvalue weighted by atomic mass is 9.96. The lowest BCUT2D eigenvalue weighted by Gasteiger charge is -2.38. The Morgan fingerprint density at radius 3 is 2.89 bits per heavy atom. The normalized spacial score (nSPS) is 26.3. The first-order valence-corrected chi connectivity index (χ1v) is 6.51. The van der Waals surface area contributed by atoms with Gasteiger partial charge in [0.05, 0.1) is 0 Å². The molecule has 0 bridgehead atoms. The molecule has 2 heterocycles. The zero-order valence-electron chi connectivity index (χ0n) is 10.7. The molecule has 2 aliphatic rings. The van der Waals surface area contributed by atoms with E-state index in [0.717, 1.165) is 25.8 Å². The second kappa shape index (κ2) is 5.48. The van der Waals surface area contributed by atoms with E-state index in [1.54, 1.807) is 0 Å². The molecule has 0 spiro atoms. The Labute approximate surface area is 107 Å². The number of hydrogen-bond donors (Lipinski definition) is 2. The third-order valence-corrected chi connectivity index (χ3v) is 3.57. The summed E-state index contributed by atoms with van der Waals surface area (Å²) in [5, 5.41) is 3.86. The number of piperidine rings is 1. The summed E-state index contributed by atoms with van der Waals surface area (Å²) in [5.41, 5.74) is 8.76. The highest BCUT2D eigenvalue weighted by atomic mass is 16.2. The van der Waals surface area contributed by atoms with Crippen LogP contribution in [0.1, 0.15) is 39.0 Å². The van der Waals surface area contributed by atoms with Crippen molar-refractivity contribution in [3.05, 3.63) is 0 Å². The minimum Gasteiger partial charge on any atom is -0.333 e. The van der Waals surface area contributed by atoms with Crippen molar-refractivity contribution in [1.29, 1.82) is 0 Å². The van der Waals surface area contributed by atoms with Crippen molar-refractivity contribution in [2.45, 2.75) is 51.1 Å². The van der Waals surface area contributed by atoms with Gasteiger partial charge in [-0.15, -0.1) is 0 Å². The number of carbonyl (C=O) groups excluding carboxylic acids is 2. The Hall–Kier alpha value is -1.43. The molecule has 3 N–H and O–H groups in total. The number of nitrogens with zero attached hydrogens (tertiary/aromatic N) is 2. The third-order valence-electron chi connectivity index (χ3n) is 3.57. The molecular formula is C12H20N4O2. The van der Waals surface area contributed by atoms with Gasteiger partial charge in [0.25, 0.3) is 5.91 Å². The van der Waals surface area contributed by atoms with Crippen LogP contribution in [0.5, 0.6) is 0 Å². The monoisotopic (exact) mass is 252 g/mol. The zero-order chi connectivity index (χ0) is 13.1. The molecule has 2 aliphatic heterocycles. The van der Waals surface area contributed by atoms with Gasteiger partial charge < -0.3 is 10.6 Å². The van der Waals surface area contributed by atoms with Crippen LogP contribution in [0.4, 0.5) is 0 Å². The largest absolute Gasteiger partial charge is 0.333 e. The minimum absolute atomic E-state index is 0.0342. The van der Waals surface area contributed by atoms with Gasteiger partial charge in [0, 0.05) is 31.5 Å². The minimum atomic E-state index is -0.131. The van der Waals surface area contributed by atoms with Crippen molar-refractivity contribution in [1.82, 2.24) is 10.3 Å². The van der Waals surface area contributed by atoms with E-state index < -0.39 is 0 Å². The number of nitrogens with two attached hydrogens (primary N) is 1. The maximum Gasteiger partial charge on any atom is 0.270 e. The summed E-state index contributed by atoms with van der Waals surface area (Å²) < 4.78 is 0. The van der Waals surface area contributed by atoms with E-state index in [0.29, 0.717) is 18.6 Å². The molecule has 0 aromatic heterocycles. The number of nitrogens with one attached hydrogen (secondary N) is 1. The van der Waals surface area contributed by atoms with Crippen molar-refractivity contribution < 1.29 is 9.59 Å². The van der Waals surface area contributed by atoms with Gasteiger partial charge in [-0.05, 0) is 26.2 Å². The first-order chi connectivity index (χ1) is 8.59. The molecule has 0 aromatic rings. The van der Waals surface area contributed by atoms with Crippen LogP contribution < -0.4 is 11.2 Å². The Balaban J connectivity index is 2.09. The highest BCUT2D eigenvalue weighted by Crippen LogP contribution is 2.20. The predicted octanol–water partition coefficient (Wildman–Crippen LogP) is -0.0193. The van der Waals surface area contributed by atoms with Gasteiger partial charge in [-0.2, -0.15) is 5.10 Å². The molecule has 0 aromatic carbocycles. The second-order valence-corrected chi connectivity index (χ2v) is 5.01. The number of hydrazone groups is 1. The molecule has 1 fully saturated rings. The summed E-state index contributed by atoms with van der Waals surface area (Å²) in [6.07, 6.45) is 3.82. The Kier molecular flexibility index (Phi) is 3.96. The number of hydrogen-bond acceptors (Lipinski definition) is 4. The van der Waals surface area contributed by atoms with E-state index in [-0.39, 0.29) is 23.9 Å². The van der Waals surface area contributed by atoms with Crippen LogP contribution in [-0.4, -0.2) is 41.1 Å². The van der Waals surface area contributed by atoms with Crippen LogP contribution in [0.25, 0.3) is 0 Å². The number of likely N-dealkylation sites (tertiary alicyclic amines) is 1. The first kappa shape index (κ1) is 13.0. The van der Waals surface area contributed by atoms with Crippen LogP contribution in [0.15, 0.2) is 5.10 Å². The van der Waals surface area contributed by atoms with E-state index in [4.69, 9.17) is 5.73 Å². The molecule has 6 nitrogen and oxygen atoms in total. The van der Waals surface area contributed by atoms with Crippen LogP contribution in [0.2, 0.25) is 0 Å². The molecular weight excluding hydrogens is 232 g/mol. The van der Waals surface area contributed by atoms with Gasteiger partial charge in [-0.25, -0.2) is 5.43 Å². The summed E-state index contributed by atoms with van der Waals surface area (Å²) in [6.45, 7) is 2.67. The van der Waals surface area contributed by atoms with Crippen molar-refractivity contribution in [2.24, 2.45) is 10.8 Å². The summed E-state index contributed by atoms with van der Waals surface area (Å²) in [6, 6.07) is 0.0552. The fourth-order valence-corrected chi connectivity index (χ4v) is 2.55. The van der Waals surface area contributed by atoms with Gasteiger partial charge in [-0.1, -0.05) is 0 Å².